The molecule has 0 spiro atoms. The van der Waals surface area contributed by atoms with E-state index in [1.807, 2.05) is 0 Å². The molecule has 238 valence electrons. The third-order valence-electron chi connectivity index (χ3n) is 10.8. The minimum atomic E-state index is -0.909. The molecule has 3 amide bonds. The fourth-order valence-corrected chi connectivity index (χ4v) is 8.84. The Morgan fingerprint density at radius 2 is 1.73 bits per heavy atom. The predicted octanol–water partition coefficient (Wildman–Crippen LogP) is 2.06. The number of rotatable bonds is 11. The van der Waals surface area contributed by atoms with Crippen molar-refractivity contribution in [1.82, 2.24) is 20.1 Å². The fraction of sp³-hybridized carbons (Fsp3) is 0.667. The Bertz CT molecular complexity index is 1320. The van der Waals surface area contributed by atoms with Gasteiger partial charge in [0, 0.05) is 24.9 Å². The van der Waals surface area contributed by atoms with Crippen molar-refractivity contribution < 1.29 is 23.9 Å². The van der Waals surface area contributed by atoms with E-state index in [0.29, 0.717) is 30.7 Å². The summed E-state index contributed by atoms with van der Waals surface area (Å²) in [5, 5.41) is 8.88. The number of anilines is 1. The lowest BCUT2D eigenvalue weighted by Crippen LogP contribution is -2.56. The number of esters is 1. The Morgan fingerprint density at radius 3 is 2.36 bits per heavy atom. The lowest BCUT2D eigenvalue weighted by Gasteiger charge is -2.54. The van der Waals surface area contributed by atoms with Crippen molar-refractivity contribution in [1.29, 1.82) is 0 Å². The number of amides is 3. The lowest BCUT2D eigenvalue weighted by atomic mass is 9.54. The molecule has 4 saturated carbocycles. The average Bonchev–Trinajstić information content (AvgIpc) is 3.02. The van der Waals surface area contributed by atoms with E-state index < -0.39 is 23.5 Å². The normalized spacial score (nSPS) is 32.3. The molecule has 4 heterocycles. The van der Waals surface area contributed by atoms with Crippen LogP contribution in [0, 0.1) is 35.5 Å². The number of nitrogens with zero attached hydrogens (tertiary/aromatic N) is 2. The lowest BCUT2D eigenvalue weighted by molar-refractivity contribution is -0.135. The topological polar surface area (TPSA) is 139 Å². The maximum Gasteiger partial charge on any atom is 0.330 e. The fourth-order valence-electron chi connectivity index (χ4n) is 8.84. The van der Waals surface area contributed by atoms with Gasteiger partial charge in [-0.15, -0.1) is 0 Å². The molecular weight excluding hydrogens is 562 g/mol. The minimum absolute atomic E-state index is 0.0482. The van der Waals surface area contributed by atoms with Crippen LogP contribution in [0.4, 0.5) is 5.69 Å². The second kappa shape index (κ2) is 13.3. The molecule has 1 aromatic heterocycles. The zero-order chi connectivity index (χ0) is 30.8. The maximum atomic E-state index is 13.5. The Morgan fingerprint density at radius 1 is 1.02 bits per heavy atom. The van der Waals surface area contributed by atoms with E-state index in [9.17, 15) is 24.0 Å². The first kappa shape index (κ1) is 30.6. The summed E-state index contributed by atoms with van der Waals surface area (Å²) < 4.78 is 5.95. The summed E-state index contributed by atoms with van der Waals surface area (Å²) >= 11 is 0. The number of ether oxygens (including phenoxy) is 1. The number of piperidine rings is 3. The first-order valence-corrected chi connectivity index (χ1v) is 16.3. The third kappa shape index (κ3) is 6.77. The van der Waals surface area contributed by atoms with Crippen molar-refractivity contribution >= 4 is 29.4 Å². The Labute approximate surface area is 258 Å². The number of nitrogens with one attached hydrogen (secondary N) is 3. The van der Waals surface area contributed by atoms with Crippen molar-refractivity contribution in [3.05, 3.63) is 40.8 Å². The molecule has 6 bridgehead atoms. The summed E-state index contributed by atoms with van der Waals surface area (Å²) in [5.74, 6) is 1.44. The molecule has 11 heteroatoms. The monoisotopic (exact) mass is 607 g/mol. The maximum absolute atomic E-state index is 13.5. The number of pyridine rings is 1. The second-order valence-electron chi connectivity index (χ2n) is 13.7. The van der Waals surface area contributed by atoms with Crippen LogP contribution in [-0.4, -0.2) is 72.0 Å². The summed E-state index contributed by atoms with van der Waals surface area (Å²) in [7, 11) is 1.29. The summed E-state index contributed by atoms with van der Waals surface area (Å²) in [6, 6.07) is 2.42. The van der Waals surface area contributed by atoms with Crippen LogP contribution in [0.3, 0.4) is 0 Å². The highest BCUT2D eigenvalue weighted by atomic mass is 16.5. The molecular formula is C33H45N5O6. The van der Waals surface area contributed by atoms with Crippen molar-refractivity contribution in [2.45, 2.75) is 76.4 Å². The van der Waals surface area contributed by atoms with Gasteiger partial charge in [-0.2, -0.15) is 0 Å². The van der Waals surface area contributed by atoms with E-state index in [1.165, 1.54) is 55.9 Å². The second-order valence-corrected chi connectivity index (χ2v) is 13.7. The van der Waals surface area contributed by atoms with Gasteiger partial charge >= 0.3 is 5.97 Å². The molecule has 3 N–H and O–H groups in total. The molecule has 1 aromatic rings. The number of allylic oxidation sites excluding steroid dienone is 1. The number of methoxy groups -OCH3 is 1. The van der Waals surface area contributed by atoms with Crippen LogP contribution in [0.5, 0.6) is 0 Å². The molecule has 4 aliphatic carbocycles. The number of hydrogen-bond donors (Lipinski definition) is 3. The number of fused-ring (bicyclic) bond motifs is 3. The van der Waals surface area contributed by atoms with E-state index in [0.717, 1.165) is 37.8 Å². The highest BCUT2D eigenvalue weighted by Gasteiger charge is 2.48. The van der Waals surface area contributed by atoms with Crippen molar-refractivity contribution in [3.63, 3.8) is 0 Å². The van der Waals surface area contributed by atoms with Gasteiger partial charge < -0.3 is 30.2 Å². The number of aromatic nitrogens is 1. The van der Waals surface area contributed by atoms with Crippen LogP contribution in [0.2, 0.25) is 0 Å². The Kier molecular flexibility index (Phi) is 9.21. The van der Waals surface area contributed by atoms with Crippen LogP contribution < -0.4 is 21.5 Å². The van der Waals surface area contributed by atoms with Crippen molar-refractivity contribution in [3.8, 4) is 0 Å². The average molecular weight is 608 g/mol. The Hall–Kier alpha value is -3.47. The quantitative estimate of drug-likeness (QED) is 0.259. The first-order chi connectivity index (χ1) is 21.3. The van der Waals surface area contributed by atoms with E-state index in [4.69, 9.17) is 0 Å². The smallest absolute Gasteiger partial charge is 0.330 e. The molecule has 2 unspecified atom stereocenters. The SMILES string of the molecule is COC(=O)/C=C/CCC(NC(=O)C1CN2CCC1CC2)C(=O)Nc1cccn(CC(=O)NC2C3CC4CC(C3)CC2C4)c1=O. The molecule has 8 rings (SSSR count). The number of hydrogen-bond acceptors (Lipinski definition) is 7. The van der Waals surface area contributed by atoms with Gasteiger partial charge in [-0.1, -0.05) is 6.08 Å². The summed E-state index contributed by atoms with van der Waals surface area (Å²) in [4.78, 5) is 67.0. The summed E-state index contributed by atoms with van der Waals surface area (Å²) in [6.07, 6.45) is 13.1. The predicted molar refractivity (Wildman–Crippen MR) is 163 cm³/mol. The molecule has 3 saturated heterocycles. The first-order valence-electron chi connectivity index (χ1n) is 16.3. The van der Waals surface area contributed by atoms with Gasteiger partial charge in [-0.25, -0.2) is 4.79 Å². The van der Waals surface area contributed by atoms with Crippen LogP contribution >= 0.6 is 0 Å². The summed E-state index contributed by atoms with van der Waals surface area (Å²) in [6.45, 7) is 2.56. The minimum Gasteiger partial charge on any atom is -0.466 e. The van der Waals surface area contributed by atoms with Gasteiger partial charge in [0.15, 0.2) is 0 Å². The van der Waals surface area contributed by atoms with E-state index >= 15 is 0 Å². The zero-order valence-electron chi connectivity index (χ0n) is 25.5. The standard InChI is InChI=1S/C33H45N5O6/c1-44-29(40)7-3-2-5-26(34-31(41)25-18-37-11-8-22(25)9-12-37)32(42)35-27-6-4-10-38(33(27)43)19-28(39)36-30-23-14-20-13-21(16-23)17-24(30)15-20/h3-4,6-7,10,20-26,30H,2,5,8-9,11-19H2,1H3,(H,34,41)(H,35,42)(H,36,39)/b7-3+. The molecule has 44 heavy (non-hydrogen) atoms. The van der Waals surface area contributed by atoms with Gasteiger partial charge in [0.25, 0.3) is 5.56 Å². The van der Waals surface area contributed by atoms with Gasteiger partial charge in [0.05, 0.1) is 13.0 Å². The molecule has 3 aliphatic heterocycles. The molecule has 7 fully saturated rings. The van der Waals surface area contributed by atoms with Gasteiger partial charge in [-0.05, 0) is 113 Å². The molecule has 0 radical (unpaired) electrons. The van der Waals surface area contributed by atoms with E-state index in [1.54, 1.807) is 18.3 Å². The van der Waals surface area contributed by atoms with Crippen LogP contribution in [0.25, 0.3) is 0 Å². The van der Waals surface area contributed by atoms with Crippen molar-refractivity contribution in [2.24, 2.45) is 35.5 Å². The molecule has 7 aliphatic rings. The van der Waals surface area contributed by atoms with Crippen molar-refractivity contribution in [2.75, 3.05) is 32.1 Å². The molecule has 0 aromatic carbocycles. The van der Waals surface area contributed by atoms with E-state index in [2.05, 4.69) is 25.6 Å². The number of carbonyl (C=O) groups excluding carboxylic acids is 4. The zero-order valence-corrected chi connectivity index (χ0v) is 25.5. The third-order valence-corrected chi connectivity index (χ3v) is 10.8. The Balaban J connectivity index is 1.09. The molecule has 2 atom stereocenters. The van der Waals surface area contributed by atoms with E-state index in [-0.39, 0.29) is 42.4 Å². The summed E-state index contributed by atoms with van der Waals surface area (Å²) in [5.41, 5.74) is -0.429. The number of carbonyl (C=O) groups is 4. The van der Waals surface area contributed by atoms with Gasteiger partial charge in [0.2, 0.25) is 17.7 Å². The van der Waals surface area contributed by atoms with Crippen LogP contribution in [0.15, 0.2) is 35.3 Å². The highest BCUT2D eigenvalue weighted by Crippen LogP contribution is 2.53. The van der Waals surface area contributed by atoms with Crippen LogP contribution in [0.1, 0.15) is 57.8 Å². The van der Waals surface area contributed by atoms with Gasteiger partial charge in [0.1, 0.15) is 18.3 Å². The van der Waals surface area contributed by atoms with Gasteiger partial charge in [-0.3, -0.25) is 19.2 Å². The highest BCUT2D eigenvalue weighted by molar-refractivity contribution is 5.97. The largest absolute Gasteiger partial charge is 0.466 e. The molecule has 11 nitrogen and oxygen atoms in total. The van der Waals surface area contributed by atoms with Crippen LogP contribution in [-0.2, 0) is 30.5 Å².